The normalized spacial score (nSPS) is 18.0. The van der Waals surface area contributed by atoms with Gasteiger partial charge in [0, 0.05) is 32.7 Å². The first kappa shape index (κ1) is 18.9. The van der Waals surface area contributed by atoms with Crippen LogP contribution in [0.25, 0.3) is 11.0 Å². The summed E-state index contributed by atoms with van der Waals surface area (Å²) < 4.78 is 43.7. The van der Waals surface area contributed by atoms with E-state index >= 15 is 0 Å². The van der Waals surface area contributed by atoms with Crippen LogP contribution in [0.2, 0.25) is 0 Å². The van der Waals surface area contributed by atoms with Gasteiger partial charge < -0.3 is 19.7 Å². The molecule has 156 valence electrons. The Bertz CT molecular complexity index is 1100. The highest BCUT2D eigenvalue weighted by Crippen LogP contribution is 2.41. The van der Waals surface area contributed by atoms with Gasteiger partial charge in [-0.2, -0.15) is 8.75 Å². The van der Waals surface area contributed by atoms with Crippen LogP contribution in [-0.2, 0) is 6.54 Å². The van der Waals surface area contributed by atoms with Crippen LogP contribution in [0.5, 0.6) is 11.5 Å². The SMILES string of the molecule is O=C(Nc1cccc2nsnc12)N1CCN(Cc2ccc3c(c2)OC(F)(F)O3)CC1. The first-order chi connectivity index (χ1) is 14.5. The summed E-state index contributed by atoms with van der Waals surface area (Å²) in [6.07, 6.45) is -3.61. The van der Waals surface area contributed by atoms with Gasteiger partial charge in [-0.25, -0.2) is 4.79 Å². The number of nitrogens with zero attached hydrogens (tertiary/aromatic N) is 4. The van der Waals surface area contributed by atoms with E-state index in [1.807, 2.05) is 12.1 Å². The van der Waals surface area contributed by atoms with Gasteiger partial charge in [0.1, 0.15) is 11.0 Å². The number of aromatic nitrogens is 2. The molecule has 30 heavy (non-hydrogen) atoms. The van der Waals surface area contributed by atoms with Crippen LogP contribution in [0, 0.1) is 0 Å². The zero-order valence-electron chi connectivity index (χ0n) is 15.7. The van der Waals surface area contributed by atoms with Crippen LogP contribution in [0.15, 0.2) is 36.4 Å². The molecule has 1 aromatic heterocycles. The third kappa shape index (κ3) is 3.73. The fourth-order valence-electron chi connectivity index (χ4n) is 3.56. The van der Waals surface area contributed by atoms with Crippen LogP contribution in [-0.4, -0.2) is 57.1 Å². The zero-order chi connectivity index (χ0) is 20.7. The summed E-state index contributed by atoms with van der Waals surface area (Å²) in [5, 5.41) is 2.91. The van der Waals surface area contributed by atoms with Gasteiger partial charge in [0.05, 0.1) is 17.4 Å². The van der Waals surface area contributed by atoms with Gasteiger partial charge >= 0.3 is 12.3 Å². The Morgan fingerprint density at radius 2 is 1.90 bits per heavy atom. The zero-order valence-corrected chi connectivity index (χ0v) is 16.5. The minimum Gasteiger partial charge on any atom is -0.395 e. The van der Waals surface area contributed by atoms with Crippen molar-refractivity contribution in [3.63, 3.8) is 0 Å². The minimum absolute atomic E-state index is 0.0376. The van der Waals surface area contributed by atoms with E-state index in [1.165, 1.54) is 6.07 Å². The summed E-state index contributed by atoms with van der Waals surface area (Å²) in [6.45, 7) is 3.02. The molecule has 2 aliphatic rings. The summed E-state index contributed by atoms with van der Waals surface area (Å²) in [5.41, 5.74) is 2.92. The van der Waals surface area contributed by atoms with E-state index in [-0.39, 0.29) is 17.5 Å². The molecule has 5 rings (SSSR count). The molecular weight excluding hydrogens is 416 g/mol. The van der Waals surface area contributed by atoms with Crippen molar-refractivity contribution < 1.29 is 23.0 Å². The average molecular weight is 433 g/mol. The number of carbonyl (C=O) groups excluding carboxylic acids is 1. The highest BCUT2D eigenvalue weighted by atomic mass is 32.1. The Balaban J connectivity index is 1.17. The number of hydrogen-bond acceptors (Lipinski definition) is 7. The Labute approximate surface area is 174 Å². The fraction of sp³-hybridized carbons (Fsp3) is 0.316. The molecule has 0 aliphatic carbocycles. The molecule has 1 fully saturated rings. The van der Waals surface area contributed by atoms with Gasteiger partial charge in [-0.05, 0) is 29.8 Å². The third-order valence-electron chi connectivity index (χ3n) is 5.06. The van der Waals surface area contributed by atoms with E-state index in [0.717, 1.165) is 22.8 Å². The quantitative estimate of drug-likeness (QED) is 0.682. The number of amides is 2. The lowest BCUT2D eigenvalue weighted by molar-refractivity contribution is -0.286. The number of alkyl halides is 2. The number of fused-ring (bicyclic) bond motifs is 2. The molecule has 1 saturated heterocycles. The van der Waals surface area contributed by atoms with E-state index in [9.17, 15) is 13.6 Å². The molecule has 0 bridgehead atoms. The van der Waals surface area contributed by atoms with E-state index in [0.29, 0.717) is 43.9 Å². The first-order valence-corrected chi connectivity index (χ1v) is 10.1. The van der Waals surface area contributed by atoms with Gasteiger partial charge in [0.15, 0.2) is 11.5 Å². The molecule has 3 heterocycles. The maximum Gasteiger partial charge on any atom is 0.586 e. The maximum atomic E-state index is 13.2. The second-order valence-corrected chi connectivity index (χ2v) is 7.61. The van der Waals surface area contributed by atoms with Gasteiger partial charge in [-0.15, -0.1) is 8.78 Å². The predicted molar refractivity (Wildman–Crippen MR) is 106 cm³/mol. The number of hydrogen-bond donors (Lipinski definition) is 1. The second-order valence-electron chi connectivity index (χ2n) is 7.08. The summed E-state index contributed by atoms with van der Waals surface area (Å²) >= 11 is 1.11. The molecule has 0 radical (unpaired) electrons. The molecule has 1 N–H and O–H groups in total. The standard InChI is InChI=1S/C19H17F2N5O3S/c20-19(21)28-15-5-4-12(10-16(15)29-19)11-25-6-8-26(9-7-25)18(27)22-13-2-1-3-14-17(13)24-30-23-14/h1-5,10H,6-9,11H2,(H,22,27). The van der Waals surface area contributed by atoms with Gasteiger partial charge in [-0.1, -0.05) is 12.1 Å². The van der Waals surface area contributed by atoms with Crippen LogP contribution in [0.1, 0.15) is 5.56 Å². The highest BCUT2D eigenvalue weighted by molar-refractivity contribution is 7.00. The van der Waals surface area contributed by atoms with Crippen molar-refractivity contribution in [1.29, 1.82) is 0 Å². The molecule has 0 unspecified atom stereocenters. The smallest absolute Gasteiger partial charge is 0.395 e. The lowest BCUT2D eigenvalue weighted by Crippen LogP contribution is -2.49. The first-order valence-electron chi connectivity index (χ1n) is 9.35. The number of halogens is 2. The van der Waals surface area contributed by atoms with E-state index in [1.54, 1.807) is 23.1 Å². The van der Waals surface area contributed by atoms with E-state index < -0.39 is 6.29 Å². The molecule has 2 aromatic carbocycles. The van der Waals surface area contributed by atoms with Crippen molar-refractivity contribution in [2.75, 3.05) is 31.5 Å². The van der Waals surface area contributed by atoms with Crippen molar-refractivity contribution in [2.24, 2.45) is 0 Å². The van der Waals surface area contributed by atoms with Gasteiger partial charge in [0.2, 0.25) is 0 Å². The van der Waals surface area contributed by atoms with Crippen molar-refractivity contribution in [3.8, 4) is 11.5 Å². The van der Waals surface area contributed by atoms with Crippen molar-refractivity contribution in [1.82, 2.24) is 18.5 Å². The summed E-state index contributed by atoms with van der Waals surface area (Å²) in [7, 11) is 0. The van der Waals surface area contributed by atoms with Crippen molar-refractivity contribution in [3.05, 3.63) is 42.0 Å². The number of urea groups is 1. The van der Waals surface area contributed by atoms with Gasteiger partial charge in [0.25, 0.3) is 0 Å². The molecule has 0 saturated carbocycles. The molecular formula is C19H17F2N5O3S. The Kier molecular flexibility index (Phi) is 4.63. The lowest BCUT2D eigenvalue weighted by atomic mass is 10.1. The molecule has 2 aliphatic heterocycles. The number of anilines is 1. The fourth-order valence-corrected chi connectivity index (χ4v) is 4.11. The summed E-state index contributed by atoms with van der Waals surface area (Å²) in [4.78, 5) is 16.5. The number of rotatable bonds is 3. The summed E-state index contributed by atoms with van der Waals surface area (Å²) in [6, 6.07) is 10.1. The van der Waals surface area contributed by atoms with Crippen LogP contribution >= 0.6 is 11.7 Å². The molecule has 3 aromatic rings. The molecule has 0 atom stereocenters. The minimum atomic E-state index is -3.61. The second kappa shape index (κ2) is 7.33. The Hall–Kier alpha value is -3.05. The largest absolute Gasteiger partial charge is 0.586 e. The molecule has 8 nitrogen and oxygen atoms in total. The number of benzene rings is 2. The monoisotopic (exact) mass is 433 g/mol. The predicted octanol–water partition coefficient (Wildman–Crippen LogP) is 3.36. The van der Waals surface area contributed by atoms with Crippen LogP contribution in [0.3, 0.4) is 0 Å². The van der Waals surface area contributed by atoms with Crippen molar-refractivity contribution in [2.45, 2.75) is 12.8 Å². The Morgan fingerprint density at radius 3 is 2.73 bits per heavy atom. The number of carbonyl (C=O) groups is 1. The molecule has 2 amide bonds. The van der Waals surface area contributed by atoms with E-state index in [4.69, 9.17) is 0 Å². The van der Waals surface area contributed by atoms with E-state index in [2.05, 4.69) is 28.4 Å². The summed E-state index contributed by atoms with van der Waals surface area (Å²) in [5.74, 6) is 0.0804. The van der Waals surface area contributed by atoms with Gasteiger partial charge in [-0.3, -0.25) is 4.90 Å². The lowest BCUT2D eigenvalue weighted by Gasteiger charge is -2.34. The van der Waals surface area contributed by atoms with Crippen LogP contribution in [0.4, 0.5) is 19.3 Å². The Morgan fingerprint density at radius 1 is 1.10 bits per heavy atom. The molecule has 11 heteroatoms. The molecule has 0 spiro atoms. The average Bonchev–Trinajstić information content (AvgIpc) is 3.31. The highest BCUT2D eigenvalue weighted by Gasteiger charge is 2.43. The number of ether oxygens (including phenoxy) is 2. The maximum absolute atomic E-state index is 13.2. The third-order valence-corrected chi connectivity index (χ3v) is 5.60. The van der Waals surface area contributed by atoms with Crippen molar-refractivity contribution >= 4 is 34.5 Å². The van der Waals surface area contributed by atoms with Crippen LogP contribution < -0.4 is 14.8 Å². The number of piperazine rings is 1. The number of nitrogens with one attached hydrogen (secondary N) is 1. The topological polar surface area (TPSA) is 79.8 Å².